The molecule has 1 N–H and O–H groups in total. The predicted molar refractivity (Wildman–Crippen MR) is 149 cm³/mol. The summed E-state index contributed by atoms with van der Waals surface area (Å²) in [5.41, 5.74) is 8.95. The van der Waals surface area contributed by atoms with Crippen LogP contribution in [0.25, 0.3) is 22.0 Å². The second-order valence-corrected chi connectivity index (χ2v) is 9.81. The van der Waals surface area contributed by atoms with Crippen LogP contribution in [0.1, 0.15) is 51.3 Å². The minimum atomic E-state index is -0.435. The molecule has 0 fully saturated rings. The number of amides is 1. The van der Waals surface area contributed by atoms with Gasteiger partial charge in [0.15, 0.2) is 0 Å². The van der Waals surface area contributed by atoms with Crippen LogP contribution >= 0.6 is 0 Å². The van der Waals surface area contributed by atoms with Crippen molar-refractivity contribution >= 4 is 16.8 Å². The van der Waals surface area contributed by atoms with E-state index >= 15 is 0 Å². The van der Waals surface area contributed by atoms with Crippen LogP contribution in [-0.2, 0) is 6.54 Å². The minimum Gasteiger partial charge on any atom is -0.345 e. The Balaban J connectivity index is 1.38. The highest BCUT2D eigenvalue weighted by Gasteiger charge is 2.18. The lowest BCUT2D eigenvalue weighted by molar-refractivity contribution is 0.0939. The molecule has 0 radical (unpaired) electrons. The summed E-state index contributed by atoms with van der Waals surface area (Å²) < 4.78 is 16.7. The maximum absolute atomic E-state index is 14.4. The molecule has 186 valence electrons. The van der Waals surface area contributed by atoms with Gasteiger partial charge in [-0.15, -0.1) is 0 Å². The number of nitrogens with zero attached hydrogens (tertiary/aromatic N) is 1. The third-order valence-corrected chi connectivity index (χ3v) is 7.27. The summed E-state index contributed by atoms with van der Waals surface area (Å²) in [6.07, 6.45) is 0. The van der Waals surface area contributed by atoms with Gasteiger partial charge in [0, 0.05) is 34.3 Å². The molecule has 1 heterocycles. The van der Waals surface area contributed by atoms with Crippen molar-refractivity contribution < 1.29 is 9.18 Å². The summed E-state index contributed by atoms with van der Waals surface area (Å²) in [5, 5.41) is 4.01. The molecule has 0 saturated carbocycles. The topological polar surface area (TPSA) is 34.0 Å². The number of carbonyl (C=O) groups excluding carboxylic acids is 1. The van der Waals surface area contributed by atoms with E-state index < -0.39 is 6.04 Å². The molecule has 0 aliphatic rings. The van der Waals surface area contributed by atoms with Gasteiger partial charge in [0.05, 0.1) is 6.04 Å². The molecule has 0 bridgehead atoms. The number of aryl methyl sites for hydroxylation is 2. The SMILES string of the molecule is Cc1ccc([C@@H](C)NC(=O)c2ccc3c(c2)c(C)c(C)n3Cc2ccc(-c3ccccc3)cc2)c(F)c1. The molecule has 4 heteroatoms. The van der Waals surface area contributed by atoms with Gasteiger partial charge in [0.25, 0.3) is 5.91 Å². The Bertz CT molecular complexity index is 1580. The molecule has 0 saturated heterocycles. The standard InChI is InChI=1S/C33H31FN2O/c1-21-10-16-29(31(34)18-21)23(3)35-33(37)28-15-17-32-30(19-28)22(2)24(4)36(32)20-25-11-13-27(14-12-25)26-8-6-5-7-9-26/h5-19,23H,20H2,1-4H3,(H,35,37)/t23-/m1/s1. The van der Waals surface area contributed by atoms with Gasteiger partial charge in [-0.1, -0.05) is 66.7 Å². The fourth-order valence-corrected chi connectivity index (χ4v) is 4.95. The number of rotatable bonds is 6. The largest absolute Gasteiger partial charge is 0.345 e. The highest BCUT2D eigenvalue weighted by molar-refractivity contribution is 5.99. The number of carbonyl (C=O) groups is 1. The summed E-state index contributed by atoms with van der Waals surface area (Å²) in [7, 11) is 0. The molecule has 4 aromatic carbocycles. The van der Waals surface area contributed by atoms with Gasteiger partial charge in [0.1, 0.15) is 5.82 Å². The Morgan fingerprint density at radius 3 is 2.27 bits per heavy atom. The number of hydrogen-bond acceptors (Lipinski definition) is 1. The lowest BCUT2D eigenvalue weighted by Gasteiger charge is -2.16. The Labute approximate surface area is 217 Å². The van der Waals surface area contributed by atoms with Crippen molar-refractivity contribution in [2.24, 2.45) is 0 Å². The van der Waals surface area contributed by atoms with E-state index in [2.05, 4.69) is 72.3 Å². The first-order chi connectivity index (χ1) is 17.8. The van der Waals surface area contributed by atoms with Crippen molar-refractivity contribution in [2.75, 3.05) is 0 Å². The van der Waals surface area contributed by atoms with Crippen LogP contribution < -0.4 is 5.32 Å². The van der Waals surface area contributed by atoms with Gasteiger partial charge in [-0.25, -0.2) is 4.39 Å². The molecular formula is C33H31FN2O. The Morgan fingerprint density at radius 1 is 0.865 bits per heavy atom. The summed E-state index contributed by atoms with van der Waals surface area (Å²) in [6.45, 7) is 8.62. The van der Waals surface area contributed by atoms with Crippen molar-refractivity contribution in [3.8, 4) is 11.1 Å². The Hall–Kier alpha value is -4.18. The van der Waals surface area contributed by atoms with Crippen molar-refractivity contribution in [1.29, 1.82) is 0 Å². The first kappa shape index (κ1) is 24.5. The molecular weight excluding hydrogens is 459 g/mol. The van der Waals surface area contributed by atoms with Gasteiger partial charge in [-0.3, -0.25) is 4.79 Å². The average Bonchev–Trinajstić information content (AvgIpc) is 3.13. The van der Waals surface area contributed by atoms with E-state index in [1.807, 2.05) is 37.3 Å². The van der Waals surface area contributed by atoms with Crippen LogP contribution in [0.5, 0.6) is 0 Å². The molecule has 5 aromatic rings. The molecule has 37 heavy (non-hydrogen) atoms. The van der Waals surface area contributed by atoms with Crippen LogP contribution in [0.2, 0.25) is 0 Å². The second kappa shape index (κ2) is 10.1. The zero-order valence-corrected chi connectivity index (χ0v) is 21.7. The Morgan fingerprint density at radius 2 is 1.57 bits per heavy atom. The first-order valence-corrected chi connectivity index (χ1v) is 12.6. The van der Waals surface area contributed by atoms with E-state index in [4.69, 9.17) is 0 Å². The number of hydrogen-bond donors (Lipinski definition) is 1. The van der Waals surface area contributed by atoms with Crippen LogP contribution in [-0.4, -0.2) is 10.5 Å². The van der Waals surface area contributed by atoms with E-state index in [1.54, 1.807) is 13.0 Å². The average molecular weight is 491 g/mol. The third kappa shape index (κ3) is 4.92. The molecule has 1 atom stereocenters. The van der Waals surface area contributed by atoms with Gasteiger partial charge >= 0.3 is 0 Å². The molecule has 0 spiro atoms. The van der Waals surface area contributed by atoms with Crippen molar-refractivity contribution in [3.05, 3.63) is 130 Å². The van der Waals surface area contributed by atoms with E-state index in [-0.39, 0.29) is 11.7 Å². The number of aromatic nitrogens is 1. The number of nitrogens with one attached hydrogen (secondary N) is 1. The van der Waals surface area contributed by atoms with E-state index in [0.29, 0.717) is 11.1 Å². The molecule has 0 aliphatic carbocycles. The zero-order valence-electron chi connectivity index (χ0n) is 21.7. The van der Waals surface area contributed by atoms with Crippen LogP contribution in [0.3, 0.4) is 0 Å². The lowest BCUT2D eigenvalue weighted by Crippen LogP contribution is -2.27. The zero-order chi connectivity index (χ0) is 26.1. The molecule has 5 rings (SSSR count). The number of fused-ring (bicyclic) bond motifs is 1. The molecule has 1 aromatic heterocycles. The maximum Gasteiger partial charge on any atom is 0.251 e. The van der Waals surface area contributed by atoms with Gasteiger partial charge in [-0.2, -0.15) is 0 Å². The smallest absolute Gasteiger partial charge is 0.251 e. The fourth-order valence-electron chi connectivity index (χ4n) is 4.95. The van der Waals surface area contributed by atoms with Crippen LogP contribution in [0.4, 0.5) is 4.39 Å². The molecule has 1 amide bonds. The van der Waals surface area contributed by atoms with Gasteiger partial charge < -0.3 is 9.88 Å². The maximum atomic E-state index is 14.4. The molecule has 3 nitrogen and oxygen atoms in total. The summed E-state index contributed by atoms with van der Waals surface area (Å²) in [4.78, 5) is 13.1. The second-order valence-electron chi connectivity index (χ2n) is 9.81. The summed E-state index contributed by atoms with van der Waals surface area (Å²) in [6, 6.07) is 29.5. The number of halogens is 1. The number of benzene rings is 4. The summed E-state index contributed by atoms with van der Waals surface area (Å²) in [5.74, 6) is -0.515. The fraction of sp³-hybridized carbons (Fsp3) is 0.182. The highest BCUT2D eigenvalue weighted by atomic mass is 19.1. The normalized spacial score (nSPS) is 12.0. The quantitative estimate of drug-likeness (QED) is 0.258. The lowest BCUT2D eigenvalue weighted by atomic mass is 10.0. The highest BCUT2D eigenvalue weighted by Crippen LogP contribution is 2.28. The van der Waals surface area contributed by atoms with E-state index in [9.17, 15) is 9.18 Å². The summed E-state index contributed by atoms with van der Waals surface area (Å²) >= 11 is 0. The molecule has 0 aliphatic heterocycles. The predicted octanol–water partition coefficient (Wildman–Crippen LogP) is 7.91. The van der Waals surface area contributed by atoms with Gasteiger partial charge in [-0.05, 0) is 79.8 Å². The molecule has 0 unspecified atom stereocenters. The van der Waals surface area contributed by atoms with Crippen molar-refractivity contribution in [2.45, 2.75) is 40.3 Å². The monoisotopic (exact) mass is 490 g/mol. The van der Waals surface area contributed by atoms with Crippen molar-refractivity contribution in [1.82, 2.24) is 9.88 Å². The van der Waals surface area contributed by atoms with Crippen molar-refractivity contribution in [3.63, 3.8) is 0 Å². The Kier molecular flexibility index (Phi) is 6.66. The van der Waals surface area contributed by atoms with E-state index in [1.165, 1.54) is 28.5 Å². The first-order valence-electron chi connectivity index (χ1n) is 12.6. The van der Waals surface area contributed by atoms with Gasteiger partial charge in [0.2, 0.25) is 0 Å². The van der Waals surface area contributed by atoms with E-state index in [0.717, 1.165) is 28.6 Å². The minimum absolute atomic E-state index is 0.212. The van der Waals surface area contributed by atoms with Crippen LogP contribution in [0, 0.1) is 26.6 Å². The van der Waals surface area contributed by atoms with Crippen LogP contribution in [0.15, 0.2) is 91.0 Å². The third-order valence-electron chi connectivity index (χ3n) is 7.27.